The fourth-order valence-corrected chi connectivity index (χ4v) is 1.97. The van der Waals surface area contributed by atoms with Gasteiger partial charge in [-0.25, -0.2) is 9.97 Å². The van der Waals surface area contributed by atoms with Gasteiger partial charge >= 0.3 is 0 Å². The molecule has 0 bridgehead atoms. The number of nitrogens with zero attached hydrogens (tertiary/aromatic N) is 3. The van der Waals surface area contributed by atoms with E-state index < -0.39 is 0 Å². The van der Waals surface area contributed by atoms with Crippen LogP contribution in [0.15, 0.2) is 23.2 Å². The van der Waals surface area contributed by atoms with Gasteiger partial charge in [0.05, 0.1) is 13.2 Å². The van der Waals surface area contributed by atoms with E-state index in [9.17, 15) is 0 Å². The topological polar surface area (TPSA) is 71.7 Å². The number of hydrogen-bond donors (Lipinski definition) is 2. The van der Waals surface area contributed by atoms with E-state index in [1.807, 2.05) is 16.8 Å². The molecule has 0 aliphatic heterocycles. The van der Waals surface area contributed by atoms with Gasteiger partial charge in [-0.3, -0.25) is 0 Å². The Kier molecular flexibility index (Phi) is 4.91. The summed E-state index contributed by atoms with van der Waals surface area (Å²) in [6.45, 7) is 1.82. The summed E-state index contributed by atoms with van der Waals surface area (Å²) >= 11 is 3.36. The van der Waals surface area contributed by atoms with E-state index in [0.29, 0.717) is 13.2 Å². The normalized spacial score (nSPS) is 11.0. The second-order valence-electron chi connectivity index (χ2n) is 3.69. The second kappa shape index (κ2) is 6.67. The molecule has 2 aromatic heterocycles. The zero-order chi connectivity index (χ0) is 12.8. The van der Waals surface area contributed by atoms with E-state index in [2.05, 4.69) is 31.2 Å². The monoisotopic (exact) mass is 314 g/mol. The molecular formula is C11H15BrN4O2. The summed E-state index contributed by atoms with van der Waals surface area (Å²) in [7, 11) is 0. The molecule has 0 amide bonds. The first-order valence-electron chi connectivity index (χ1n) is 5.73. The molecule has 0 unspecified atom stereocenters. The van der Waals surface area contributed by atoms with Gasteiger partial charge < -0.3 is 19.6 Å². The van der Waals surface area contributed by atoms with Gasteiger partial charge in [-0.1, -0.05) is 0 Å². The molecule has 2 heterocycles. The highest BCUT2D eigenvalue weighted by molar-refractivity contribution is 9.10. The molecule has 0 atom stereocenters. The molecule has 6 nitrogen and oxygen atoms in total. The summed E-state index contributed by atoms with van der Waals surface area (Å²) in [5.41, 5.74) is 0.800. The predicted molar refractivity (Wildman–Crippen MR) is 71.7 cm³/mol. The molecule has 0 aliphatic rings. The third-order valence-electron chi connectivity index (χ3n) is 2.34. The van der Waals surface area contributed by atoms with E-state index in [1.54, 1.807) is 6.20 Å². The van der Waals surface area contributed by atoms with Crippen LogP contribution in [0.3, 0.4) is 0 Å². The first-order valence-corrected chi connectivity index (χ1v) is 6.52. The maximum absolute atomic E-state index is 8.56. The zero-order valence-electron chi connectivity index (χ0n) is 9.84. The minimum Gasteiger partial charge on any atom is -0.394 e. The van der Waals surface area contributed by atoms with Crippen molar-refractivity contribution in [3.63, 3.8) is 0 Å². The molecule has 2 N–H and O–H groups in total. The summed E-state index contributed by atoms with van der Waals surface area (Å²) < 4.78 is 7.84. The van der Waals surface area contributed by atoms with Crippen molar-refractivity contribution < 1.29 is 9.84 Å². The van der Waals surface area contributed by atoms with Gasteiger partial charge in [0, 0.05) is 31.7 Å². The van der Waals surface area contributed by atoms with Crippen LogP contribution in [0.25, 0.3) is 5.65 Å². The van der Waals surface area contributed by atoms with Gasteiger partial charge in [-0.2, -0.15) is 0 Å². The Balaban J connectivity index is 1.89. The van der Waals surface area contributed by atoms with Crippen LogP contribution in [0.4, 0.5) is 5.82 Å². The van der Waals surface area contributed by atoms with Gasteiger partial charge in [0.25, 0.3) is 0 Å². The van der Waals surface area contributed by atoms with Crippen molar-refractivity contribution in [3.05, 3.63) is 23.2 Å². The quantitative estimate of drug-likeness (QED) is 0.754. The lowest BCUT2D eigenvalue weighted by Crippen LogP contribution is -2.09. The lowest BCUT2D eigenvalue weighted by atomic mass is 10.4. The summed E-state index contributed by atoms with van der Waals surface area (Å²) in [5.74, 6) is 0.747. The van der Waals surface area contributed by atoms with Crippen LogP contribution in [0.2, 0.25) is 0 Å². The molecule has 18 heavy (non-hydrogen) atoms. The maximum Gasteiger partial charge on any atom is 0.180 e. The number of fused-ring (bicyclic) bond motifs is 1. The summed E-state index contributed by atoms with van der Waals surface area (Å²) in [4.78, 5) is 8.59. The van der Waals surface area contributed by atoms with Crippen molar-refractivity contribution in [2.45, 2.75) is 6.42 Å². The lowest BCUT2D eigenvalue weighted by Gasteiger charge is -2.07. The number of hydrogen-bond acceptors (Lipinski definition) is 5. The molecule has 0 fully saturated rings. The molecular weight excluding hydrogens is 300 g/mol. The minimum absolute atomic E-state index is 0.0648. The molecule has 0 saturated carbocycles. The van der Waals surface area contributed by atoms with Crippen LogP contribution in [0, 0.1) is 0 Å². The van der Waals surface area contributed by atoms with Crippen molar-refractivity contribution in [1.29, 1.82) is 0 Å². The van der Waals surface area contributed by atoms with Gasteiger partial charge in [-0.05, 0) is 22.4 Å². The Morgan fingerprint density at radius 3 is 3.17 bits per heavy atom. The largest absolute Gasteiger partial charge is 0.394 e. The SMILES string of the molecule is OCCOCCCNc1nc(Br)cn2ccnc12. The Hall–Kier alpha value is -1.18. The molecule has 0 saturated heterocycles. The standard InChI is InChI=1S/C11H15BrN4O2/c12-9-8-16-4-3-14-11(16)10(15-9)13-2-1-6-18-7-5-17/h3-4,8,17H,1-2,5-7H2,(H,13,15). The minimum atomic E-state index is 0.0648. The number of aliphatic hydroxyl groups excluding tert-OH is 1. The van der Waals surface area contributed by atoms with Crippen molar-refractivity contribution in [1.82, 2.24) is 14.4 Å². The summed E-state index contributed by atoms with van der Waals surface area (Å²) in [6.07, 6.45) is 6.31. The highest BCUT2D eigenvalue weighted by Crippen LogP contribution is 2.16. The molecule has 0 aliphatic carbocycles. The Morgan fingerprint density at radius 2 is 2.33 bits per heavy atom. The highest BCUT2D eigenvalue weighted by atomic mass is 79.9. The van der Waals surface area contributed by atoms with Crippen molar-refractivity contribution in [2.24, 2.45) is 0 Å². The number of aliphatic hydroxyl groups is 1. The Labute approximate surface area is 113 Å². The van der Waals surface area contributed by atoms with Crippen LogP contribution in [-0.4, -0.2) is 45.8 Å². The average molecular weight is 315 g/mol. The smallest absolute Gasteiger partial charge is 0.180 e. The van der Waals surface area contributed by atoms with E-state index in [-0.39, 0.29) is 6.61 Å². The number of nitrogens with one attached hydrogen (secondary N) is 1. The van der Waals surface area contributed by atoms with E-state index in [4.69, 9.17) is 9.84 Å². The van der Waals surface area contributed by atoms with Crippen LogP contribution >= 0.6 is 15.9 Å². The van der Waals surface area contributed by atoms with Gasteiger partial charge in [0.15, 0.2) is 11.5 Å². The fraction of sp³-hybridized carbons (Fsp3) is 0.455. The van der Waals surface area contributed by atoms with Crippen molar-refractivity contribution >= 4 is 27.4 Å². The third kappa shape index (κ3) is 3.41. The van der Waals surface area contributed by atoms with Crippen LogP contribution < -0.4 is 5.32 Å². The van der Waals surface area contributed by atoms with Gasteiger partial charge in [-0.15, -0.1) is 0 Å². The fourth-order valence-electron chi connectivity index (χ4n) is 1.57. The predicted octanol–water partition coefficient (Wildman–Crippen LogP) is 1.30. The molecule has 2 rings (SSSR count). The first kappa shape index (κ1) is 13.3. The Bertz CT molecular complexity index is 503. The molecule has 0 spiro atoms. The van der Waals surface area contributed by atoms with E-state index >= 15 is 0 Å². The number of aromatic nitrogens is 3. The van der Waals surface area contributed by atoms with Crippen molar-refractivity contribution in [2.75, 3.05) is 31.7 Å². The molecule has 7 heteroatoms. The van der Waals surface area contributed by atoms with Gasteiger partial charge in [0.1, 0.15) is 4.60 Å². The lowest BCUT2D eigenvalue weighted by molar-refractivity contribution is 0.0922. The molecule has 0 aromatic carbocycles. The van der Waals surface area contributed by atoms with Gasteiger partial charge in [0.2, 0.25) is 0 Å². The average Bonchev–Trinajstić information content (AvgIpc) is 2.81. The van der Waals surface area contributed by atoms with E-state index in [0.717, 1.165) is 29.0 Å². The number of imidazole rings is 1. The summed E-state index contributed by atoms with van der Waals surface area (Å²) in [6, 6.07) is 0. The zero-order valence-corrected chi connectivity index (χ0v) is 11.4. The molecule has 0 radical (unpaired) electrons. The number of halogens is 1. The number of ether oxygens (including phenoxy) is 1. The van der Waals surface area contributed by atoms with Crippen LogP contribution in [0.5, 0.6) is 0 Å². The maximum atomic E-state index is 8.56. The van der Waals surface area contributed by atoms with Crippen LogP contribution in [-0.2, 0) is 4.74 Å². The summed E-state index contributed by atoms with van der Waals surface area (Å²) in [5, 5.41) is 11.8. The highest BCUT2D eigenvalue weighted by Gasteiger charge is 2.05. The number of rotatable bonds is 7. The molecule has 2 aromatic rings. The second-order valence-corrected chi connectivity index (χ2v) is 4.50. The third-order valence-corrected chi connectivity index (χ3v) is 2.72. The first-order chi connectivity index (χ1) is 8.81. The van der Waals surface area contributed by atoms with Crippen molar-refractivity contribution in [3.8, 4) is 0 Å². The Morgan fingerprint density at radius 1 is 1.44 bits per heavy atom. The van der Waals surface area contributed by atoms with E-state index in [1.165, 1.54) is 0 Å². The molecule has 98 valence electrons. The number of anilines is 1. The van der Waals surface area contributed by atoms with Crippen LogP contribution in [0.1, 0.15) is 6.42 Å².